The van der Waals surface area contributed by atoms with Crippen LogP contribution in [0.4, 0.5) is 4.39 Å². The maximum absolute atomic E-state index is 13.2. The fourth-order valence-corrected chi connectivity index (χ4v) is 0.878. The van der Waals surface area contributed by atoms with Gasteiger partial charge in [0.15, 0.2) is 0 Å². The van der Waals surface area contributed by atoms with Crippen molar-refractivity contribution in [3.8, 4) is 0 Å². The molecule has 0 aliphatic carbocycles. The molecule has 7 heteroatoms. The molecule has 0 amide bonds. The number of aromatic nitrogens is 3. The van der Waals surface area contributed by atoms with Gasteiger partial charge in [0.05, 0.1) is 6.54 Å². The maximum Gasteiger partial charge on any atom is 0.227 e. The Balaban J connectivity index is 2.64. The van der Waals surface area contributed by atoms with Crippen molar-refractivity contribution in [1.82, 2.24) is 14.8 Å². The first kappa shape index (κ1) is 10.3. The van der Waals surface area contributed by atoms with E-state index < -0.39 is 17.3 Å². The van der Waals surface area contributed by atoms with Crippen LogP contribution in [0.5, 0.6) is 0 Å². The highest BCUT2D eigenvalue weighted by Gasteiger charge is 2.08. The van der Waals surface area contributed by atoms with Crippen LogP contribution >= 0.6 is 0 Å². The summed E-state index contributed by atoms with van der Waals surface area (Å²) in [5.41, 5.74) is 0.115. The Morgan fingerprint density at radius 2 is 2.14 bits per heavy atom. The van der Waals surface area contributed by atoms with Crippen LogP contribution in [0.1, 0.15) is 6.92 Å². The fourth-order valence-electron chi connectivity index (χ4n) is 0.878. The number of nitrogens with zero attached hydrogens (tertiary/aromatic N) is 4. The van der Waals surface area contributed by atoms with Crippen LogP contribution in [0.25, 0.3) is 0 Å². The molecule has 1 heterocycles. The second-order valence-corrected chi connectivity index (χ2v) is 2.81. The van der Waals surface area contributed by atoms with E-state index in [1.807, 2.05) is 0 Å². The SMILES string of the molecule is CC(C[N+](=O)[O-])=C(F)Cn1cnnc1. The smallest absolute Gasteiger partial charge is 0.227 e. The van der Waals surface area contributed by atoms with Gasteiger partial charge in [0.25, 0.3) is 0 Å². The van der Waals surface area contributed by atoms with Crippen LogP contribution in [-0.4, -0.2) is 26.2 Å². The summed E-state index contributed by atoms with van der Waals surface area (Å²) in [5.74, 6) is -0.526. The van der Waals surface area contributed by atoms with Gasteiger partial charge in [-0.1, -0.05) is 0 Å². The molecule has 0 fully saturated rings. The van der Waals surface area contributed by atoms with Crippen molar-refractivity contribution in [2.24, 2.45) is 0 Å². The summed E-state index contributed by atoms with van der Waals surface area (Å²) < 4.78 is 14.6. The normalized spacial score (nSPS) is 12.4. The fraction of sp³-hybridized carbons (Fsp3) is 0.429. The first-order valence-corrected chi connectivity index (χ1v) is 3.88. The lowest BCUT2D eigenvalue weighted by atomic mass is 10.2. The minimum absolute atomic E-state index is 0.0628. The lowest BCUT2D eigenvalue weighted by Gasteiger charge is -2.00. The Morgan fingerprint density at radius 1 is 1.57 bits per heavy atom. The number of nitro groups is 1. The molecule has 0 radical (unpaired) electrons. The van der Waals surface area contributed by atoms with E-state index in [9.17, 15) is 14.5 Å². The summed E-state index contributed by atoms with van der Waals surface area (Å²) in [6.07, 6.45) is 2.69. The topological polar surface area (TPSA) is 73.8 Å². The van der Waals surface area contributed by atoms with Crippen LogP contribution < -0.4 is 0 Å². The van der Waals surface area contributed by atoms with Crippen LogP contribution in [0, 0.1) is 10.1 Å². The van der Waals surface area contributed by atoms with Gasteiger partial charge in [0, 0.05) is 10.5 Å². The van der Waals surface area contributed by atoms with Crippen LogP contribution in [0.2, 0.25) is 0 Å². The van der Waals surface area contributed by atoms with E-state index in [1.165, 1.54) is 24.1 Å². The standard InChI is InChI=1S/C7H9FN4O2/c1-6(2-12(13)14)7(8)3-11-4-9-10-5-11/h4-5H,2-3H2,1H3. The van der Waals surface area contributed by atoms with Crippen molar-refractivity contribution in [3.05, 3.63) is 34.2 Å². The minimum atomic E-state index is -0.568. The molecule has 0 aliphatic heterocycles. The lowest BCUT2D eigenvalue weighted by Crippen LogP contribution is -2.06. The molecule has 0 atom stereocenters. The van der Waals surface area contributed by atoms with Gasteiger partial charge in [0.1, 0.15) is 18.5 Å². The Kier molecular flexibility index (Phi) is 3.27. The van der Waals surface area contributed by atoms with E-state index in [0.29, 0.717) is 0 Å². The zero-order valence-corrected chi connectivity index (χ0v) is 7.55. The van der Waals surface area contributed by atoms with E-state index in [-0.39, 0.29) is 12.1 Å². The third-order valence-electron chi connectivity index (χ3n) is 1.62. The molecule has 0 aromatic carbocycles. The average Bonchev–Trinajstić information content (AvgIpc) is 2.55. The highest BCUT2D eigenvalue weighted by atomic mass is 19.1. The summed E-state index contributed by atoms with van der Waals surface area (Å²) in [5, 5.41) is 17.1. The molecule has 0 aliphatic rings. The number of hydrogen-bond acceptors (Lipinski definition) is 4. The molecule has 14 heavy (non-hydrogen) atoms. The molecule has 1 aromatic rings. The third-order valence-corrected chi connectivity index (χ3v) is 1.62. The second-order valence-electron chi connectivity index (χ2n) is 2.81. The Morgan fingerprint density at radius 3 is 2.64 bits per heavy atom. The summed E-state index contributed by atoms with van der Waals surface area (Å²) in [6.45, 7) is 0.850. The van der Waals surface area contributed by atoms with Crippen LogP contribution in [-0.2, 0) is 6.54 Å². The van der Waals surface area contributed by atoms with Gasteiger partial charge in [0.2, 0.25) is 6.54 Å². The number of rotatable bonds is 4. The highest BCUT2D eigenvalue weighted by Crippen LogP contribution is 2.08. The first-order valence-electron chi connectivity index (χ1n) is 3.88. The molecular formula is C7H9FN4O2. The van der Waals surface area contributed by atoms with E-state index in [2.05, 4.69) is 10.2 Å². The summed E-state index contributed by atoms with van der Waals surface area (Å²) in [4.78, 5) is 9.52. The Hall–Kier alpha value is -1.79. The number of hydrogen-bond donors (Lipinski definition) is 0. The molecule has 0 N–H and O–H groups in total. The molecule has 0 bridgehead atoms. The van der Waals surface area contributed by atoms with E-state index in [1.54, 1.807) is 0 Å². The second kappa shape index (κ2) is 4.45. The van der Waals surface area contributed by atoms with Gasteiger partial charge in [-0.2, -0.15) is 0 Å². The van der Waals surface area contributed by atoms with Crippen molar-refractivity contribution in [2.45, 2.75) is 13.5 Å². The molecule has 0 spiro atoms. The van der Waals surface area contributed by atoms with Crippen LogP contribution in [0.3, 0.4) is 0 Å². The van der Waals surface area contributed by atoms with Gasteiger partial charge in [-0.15, -0.1) is 10.2 Å². The van der Waals surface area contributed by atoms with Crippen molar-refractivity contribution in [3.63, 3.8) is 0 Å². The zero-order chi connectivity index (χ0) is 10.6. The van der Waals surface area contributed by atoms with Crippen molar-refractivity contribution < 1.29 is 9.31 Å². The summed E-state index contributed by atoms with van der Waals surface area (Å²) in [6, 6.07) is 0. The third kappa shape index (κ3) is 2.92. The summed E-state index contributed by atoms with van der Waals surface area (Å²) >= 11 is 0. The maximum atomic E-state index is 13.2. The molecular weight excluding hydrogens is 191 g/mol. The predicted octanol–water partition coefficient (Wildman–Crippen LogP) is 0.798. The molecule has 0 unspecified atom stereocenters. The molecule has 0 saturated heterocycles. The summed E-state index contributed by atoms with van der Waals surface area (Å²) in [7, 11) is 0. The quantitative estimate of drug-likeness (QED) is 0.532. The minimum Gasteiger partial charge on any atom is -0.313 e. The number of halogens is 1. The largest absolute Gasteiger partial charge is 0.313 e. The van der Waals surface area contributed by atoms with Gasteiger partial charge in [-0.25, -0.2) is 4.39 Å². The Labute approximate surface area is 79.2 Å². The monoisotopic (exact) mass is 200 g/mol. The van der Waals surface area contributed by atoms with Crippen molar-refractivity contribution in [1.29, 1.82) is 0 Å². The Bertz CT molecular complexity index is 347. The van der Waals surface area contributed by atoms with Gasteiger partial charge < -0.3 is 4.57 Å². The van der Waals surface area contributed by atoms with Gasteiger partial charge in [-0.05, 0) is 6.92 Å². The molecule has 6 nitrogen and oxygen atoms in total. The van der Waals surface area contributed by atoms with Gasteiger partial charge >= 0.3 is 0 Å². The predicted molar refractivity (Wildman–Crippen MR) is 45.7 cm³/mol. The van der Waals surface area contributed by atoms with Crippen molar-refractivity contribution >= 4 is 0 Å². The average molecular weight is 200 g/mol. The molecule has 1 rings (SSSR count). The van der Waals surface area contributed by atoms with Crippen LogP contribution in [0.15, 0.2) is 24.1 Å². The van der Waals surface area contributed by atoms with E-state index in [4.69, 9.17) is 0 Å². The van der Waals surface area contributed by atoms with Gasteiger partial charge in [-0.3, -0.25) is 10.1 Å². The van der Waals surface area contributed by atoms with E-state index >= 15 is 0 Å². The zero-order valence-electron chi connectivity index (χ0n) is 7.55. The molecule has 1 aromatic heterocycles. The first-order chi connectivity index (χ1) is 6.59. The lowest BCUT2D eigenvalue weighted by molar-refractivity contribution is -0.471. The number of allylic oxidation sites excluding steroid dienone is 1. The van der Waals surface area contributed by atoms with E-state index in [0.717, 1.165) is 0 Å². The molecule has 0 saturated carbocycles. The molecule has 76 valence electrons. The highest BCUT2D eigenvalue weighted by molar-refractivity contribution is 5.05. The van der Waals surface area contributed by atoms with Crippen molar-refractivity contribution in [2.75, 3.05) is 6.54 Å².